The Kier molecular flexibility index (Phi) is 8.04. The number of amides is 2. The standard InChI is InChI=1S/C31H32F2N4O5S/c32-21-13-12-19(14-22(21)33)34-24-10-5-3-1-2-4-8-18-16-31(18,29(40)41)36-27(38)25-15-20(17-37(25)28(24)39)42-30-35-23-9-6-7-11-26(23)43-30/h4,6-9,11-14,18,20,24-25,34H,1-3,5,10,15-17H2,(H,36,38)(H,40,41)/b8-4-/t18-,20-,24+,25+,31-/m1/s1. The zero-order valence-corrected chi connectivity index (χ0v) is 24.1. The molecule has 0 bridgehead atoms. The summed E-state index contributed by atoms with van der Waals surface area (Å²) in [4.78, 5) is 46.1. The molecule has 5 atom stereocenters. The number of allylic oxidation sites excluding steroid dienone is 1. The maximum atomic E-state index is 14.1. The topological polar surface area (TPSA) is 121 Å². The minimum Gasteiger partial charge on any atom is -0.479 e. The lowest BCUT2D eigenvalue weighted by Gasteiger charge is -2.30. The molecule has 2 amide bonds. The highest BCUT2D eigenvalue weighted by Gasteiger charge is 2.61. The van der Waals surface area contributed by atoms with E-state index in [-0.39, 0.29) is 31.0 Å². The largest absolute Gasteiger partial charge is 0.479 e. The minimum absolute atomic E-state index is 0.0756. The Morgan fingerprint density at radius 1 is 1.14 bits per heavy atom. The number of carboxylic acids is 1. The first-order valence-electron chi connectivity index (χ1n) is 14.5. The second-order valence-corrected chi connectivity index (χ2v) is 12.4. The smallest absolute Gasteiger partial charge is 0.330 e. The number of aliphatic carboxylic acids is 1. The van der Waals surface area contributed by atoms with E-state index in [9.17, 15) is 28.3 Å². The van der Waals surface area contributed by atoms with Gasteiger partial charge in [-0.05, 0) is 49.9 Å². The number of carbonyl (C=O) groups excluding carboxylic acids is 2. The van der Waals surface area contributed by atoms with Crippen molar-refractivity contribution in [1.82, 2.24) is 15.2 Å². The maximum absolute atomic E-state index is 14.1. The Morgan fingerprint density at radius 3 is 2.77 bits per heavy atom. The van der Waals surface area contributed by atoms with E-state index < -0.39 is 53.1 Å². The minimum atomic E-state index is -1.42. The molecule has 2 aliphatic heterocycles. The molecule has 43 heavy (non-hydrogen) atoms. The number of fused-ring (bicyclic) bond motifs is 3. The van der Waals surface area contributed by atoms with Crippen LogP contribution in [0.4, 0.5) is 14.5 Å². The van der Waals surface area contributed by atoms with Crippen molar-refractivity contribution in [2.75, 3.05) is 11.9 Å². The summed E-state index contributed by atoms with van der Waals surface area (Å²) in [6.07, 6.45) is 7.13. The molecular weight excluding hydrogens is 578 g/mol. The number of benzene rings is 2. The molecule has 0 unspecified atom stereocenters. The number of aromatic nitrogens is 1. The van der Waals surface area contributed by atoms with Gasteiger partial charge in [0.05, 0.1) is 16.8 Å². The fourth-order valence-corrected chi connectivity index (χ4v) is 6.86. The normalized spacial score (nSPS) is 28.7. The molecule has 2 fully saturated rings. The van der Waals surface area contributed by atoms with Gasteiger partial charge < -0.3 is 25.4 Å². The van der Waals surface area contributed by atoms with Gasteiger partial charge in [0.25, 0.3) is 5.19 Å². The number of ether oxygens (including phenoxy) is 1. The molecule has 2 aromatic carbocycles. The lowest BCUT2D eigenvalue weighted by molar-refractivity contribution is -0.145. The fourth-order valence-electron chi connectivity index (χ4n) is 5.98. The molecule has 3 aliphatic rings. The average molecular weight is 611 g/mol. The van der Waals surface area contributed by atoms with Gasteiger partial charge in [0.2, 0.25) is 11.8 Å². The Morgan fingerprint density at radius 2 is 1.98 bits per heavy atom. The third-order valence-corrected chi connectivity index (χ3v) is 9.35. The van der Waals surface area contributed by atoms with Crippen LogP contribution in [0.25, 0.3) is 10.2 Å². The molecular formula is C31H32F2N4O5S. The van der Waals surface area contributed by atoms with Gasteiger partial charge in [-0.2, -0.15) is 0 Å². The number of nitrogens with zero attached hydrogens (tertiary/aromatic N) is 2. The summed E-state index contributed by atoms with van der Waals surface area (Å²) in [6, 6.07) is 9.11. The van der Waals surface area contributed by atoms with Crippen molar-refractivity contribution >= 4 is 45.0 Å². The molecule has 3 N–H and O–H groups in total. The molecule has 0 radical (unpaired) electrons. The molecule has 9 nitrogen and oxygen atoms in total. The Balaban J connectivity index is 1.29. The van der Waals surface area contributed by atoms with Crippen LogP contribution < -0.4 is 15.4 Å². The van der Waals surface area contributed by atoms with Gasteiger partial charge in [-0.15, -0.1) is 0 Å². The number of hydrogen-bond acceptors (Lipinski definition) is 7. The number of nitrogens with one attached hydrogen (secondary N) is 2. The number of anilines is 1. The molecule has 3 heterocycles. The molecule has 1 aromatic heterocycles. The SMILES string of the molecule is O=C1N[C@]2(C(=O)O)C[C@H]2/C=C\CCCCC[C@H](Nc2ccc(F)c(F)c2)C(=O)N2C[C@H](Oc3nc4ccccc4s3)C[C@@H]12. The molecule has 0 spiro atoms. The summed E-state index contributed by atoms with van der Waals surface area (Å²) in [5.41, 5.74) is -0.403. The van der Waals surface area contributed by atoms with Gasteiger partial charge in [-0.1, -0.05) is 48.5 Å². The van der Waals surface area contributed by atoms with Gasteiger partial charge in [0.1, 0.15) is 23.7 Å². The Labute approximate surface area is 250 Å². The van der Waals surface area contributed by atoms with E-state index >= 15 is 0 Å². The quantitative estimate of drug-likeness (QED) is 0.352. The van der Waals surface area contributed by atoms with Gasteiger partial charge in [-0.25, -0.2) is 18.6 Å². The Hall–Kier alpha value is -4.06. The first-order valence-corrected chi connectivity index (χ1v) is 15.3. The first kappa shape index (κ1) is 29.0. The lowest BCUT2D eigenvalue weighted by Crippen LogP contribution is -2.55. The van der Waals surface area contributed by atoms with E-state index in [1.165, 1.54) is 22.3 Å². The summed E-state index contributed by atoms with van der Waals surface area (Å²) in [5.74, 6) is -4.45. The Bertz CT molecular complexity index is 1550. The number of thiazole rings is 1. The van der Waals surface area contributed by atoms with E-state index in [2.05, 4.69) is 15.6 Å². The highest BCUT2D eigenvalue weighted by Crippen LogP contribution is 2.45. The number of para-hydroxylation sites is 1. The third-order valence-electron chi connectivity index (χ3n) is 8.42. The maximum Gasteiger partial charge on any atom is 0.330 e. The van der Waals surface area contributed by atoms with Crippen LogP contribution >= 0.6 is 11.3 Å². The highest BCUT2D eigenvalue weighted by molar-refractivity contribution is 7.20. The number of carboxylic acid groups (broad SMARTS) is 1. The van der Waals surface area contributed by atoms with Gasteiger partial charge in [0.15, 0.2) is 11.6 Å². The lowest BCUT2D eigenvalue weighted by atomic mass is 10.0. The molecule has 1 aliphatic carbocycles. The van der Waals surface area contributed by atoms with E-state index in [1.807, 2.05) is 36.4 Å². The second-order valence-electron chi connectivity index (χ2n) is 11.4. The number of rotatable bonds is 5. The van der Waals surface area contributed by atoms with E-state index in [0.29, 0.717) is 18.0 Å². The summed E-state index contributed by atoms with van der Waals surface area (Å²) in [6.45, 7) is 0.0756. The fraction of sp³-hybridized carbons (Fsp3) is 0.419. The number of hydrogen-bond donors (Lipinski definition) is 3. The van der Waals surface area contributed by atoms with Crippen molar-refractivity contribution in [3.05, 3.63) is 66.3 Å². The van der Waals surface area contributed by atoms with Crippen molar-refractivity contribution in [1.29, 1.82) is 0 Å². The van der Waals surface area contributed by atoms with Crippen LogP contribution in [0.5, 0.6) is 5.19 Å². The van der Waals surface area contributed by atoms with Crippen LogP contribution in [-0.4, -0.2) is 63.0 Å². The second kappa shape index (κ2) is 11.9. The van der Waals surface area contributed by atoms with Crippen LogP contribution in [-0.2, 0) is 14.4 Å². The molecule has 3 aromatic rings. The van der Waals surface area contributed by atoms with Crippen molar-refractivity contribution < 1.29 is 33.0 Å². The summed E-state index contributed by atoms with van der Waals surface area (Å²) in [7, 11) is 0. The predicted octanol–water partition coefficient (Wildman–Crippen LogP) is 4.88. The van der Waals surface area contributed by atoms with Crippen molar-refractivity contribution in [2.45, 2.75) is 68.7 Å². The summed E-state index contributed by atoms with van der Waals surface area (Å²) < 4.78 is 34.7. The summed E-state index contributed by atoms with van der Waals surface area (Å²) in [5, 5.41) is 16.2. The first-order chi connectivity index (χ1) is 20.7. The van der Waals surface area contributed by atoms with Crippen LogP contribution in [0.2, 0.25) is 0 Å². The third kappa shape index (κ3) is 6.06. The van der Waals surface area contributed by atoms with Gasteiger partial charge in [0, 0.05) is 24.1 Å². The van der Waals surface area contributed by atoms with Crippen LogP contribution in [0.3, 0.4) is 0 Å². The average Bonchev–Trinajstić information content (AvgIpc) is 3.30. The zero-order valence-electron chi connectivity index (χ0n) is 23.3. The van der Waals surface area contributed by atoms with Crippen molar-refractivity contribution in [3.63, 3.8) is 0 Å². The van der Waals surface area contributed by atoms with Gasteiger partial charge in [-0.3, -0.25) is 9.59 Å². The summed E-state index contributed by atoms with van der Waals surface area (Å²) >= 11 is 1.36. The van der Waals surface area contributed by atoms with Crippen molar-refractivity contribution in [3.8, 4) is 5.19 Å². The predicted molar refractivity (Wildman–Crippen MR) is 157 cm³/mol. The monoisotopic (exact) mass is 610 g/mol. The number of halogens is 2. The highest BCUT2D eigenvalue weighted by atomic mass is 32.1. The molecule has 1 saturated heterocycles. The molecule has 6 rings (SSSR count). The molecule has 12 heteroatoms. The van der Waals surface area contributed by atoms with E-state index in [1.54, 1.807) is 0 Å². The van der Waals surface area contributed by atoms with Crippen LogP contribution in [0, 0.1) is 17.6 Å². The van der Waals surface area contributed by atoms with Crippen LogP contribution in [0.15, 0.2) is 54.6 Å². The molecule has 1 saturated carbocycles. The zero-order chi connectivity index (χ0) is 30.1. The van der Waals surface area contributed by atoms with Crippen LogP contribution in [0.1, 0.15) is 44.9 Å². The van der Waals surface area contributed by atoms with E-state index in [4.69, 9.17) is 4.74 Å². The van der Waals surface area contributed by atoms with Gasteiger partial charge >= 0.3 is 5.97 Å². The number of carbonyl (C=O) groups is 3. The van der Waals surface area contributed by atoms with Crippen molar-refractivity contribution in [2.24, 2.45) is 5.92 Å². The van der Waals surface area contributed by atoms with E-state index in [0.717, 1.165) is 41.6 Å². The molecule has 226 valence electrons.